The molecule has 2 rings (SSSR count). The van der Waals surface area contributed by atoms with Crippen LogP contribution in [0.1, 0.15) is 21.6 Å². The summed E-state index contributed by atoms with van der Waals surface area (Å²) in [5.74, 6) is -1.18. The Kier molecular flexibility index (Phi) is 2.72. The number of hydrogen-bond acceptors (Lipinski definition) is 3. The van der Waals surface area contributed by atoms with Gasteiger partial charge in [0, 0.05) is 11.8 Å². The normalized spacial score (nSPS) is 10.3. The van der Waals surface area contributed by atoms with Crippen LogP contribution >= 0.6 is 0 Å². The number of aryl methyl sites for hydroxylation is 1. The van der Waals surface area contributed by atoms with E-state index >= 15 is 0 Å². The van der Waals surface area contributed by atoms with Gasteiger partial charge in [0.25, 0.3) is 0 Å². The number of aromatic carboxylic acids is 1. The van der Waals surface area contributed by atoms with E-state index in [1.54, 1.807) is 11.6 Å². The highest BCUT2D eigenvalue weighted by molar-refractivity contribution is 5.86. The summed E-state index contributed by atoms with van der Waals surface area (Å²) in [4.78, 5) is 10.7. The van der Waals surface area contributed by atoms with Crippen LogP contribution < -0.4 is 5.11 Å². The molecular formula is C12H11N2O2-. The summed E-state index contributed by atoms with van der Waals surface area (Å²) in [6.07, 6.45) is 1.50. The van der Waals surface area contributed by atoms with E-state index in [0.717, 1.165) is 5.56 Å². The van der Waals surface area contributed by atoms with Gasteiger partial charge in [-0.1, -0.05) is 30.3 Å². The van der Waals surface area contributed by atoms with E-state index in [4.69, 9.17) is 0 Å². The van der Waals surface area contributed by atoms with E-state index < -0.39 is 5.97 Å². The number of hydrogen-bond donors (Lipinski definition) is 0. The number of carboxylic acids is 1. The molecule has 0 atom stereocenters. The molecule has 1 heterocycles. The third kappa shape index (κ3) is 2.11. The fourth-order valence-electron chi connectivity index (χ4n) is 1.57. The molecule has 16 heavy (non-hydrogen) atoms. The van der Waals surface area contributed by atoms with Crippen LogP contribution in [-0.4, -0.2) is 15.7 Å². The first-order chi connectivity index (χ1) is 7.66. The maximum absolute atomic E-state index is 10.7. The summed E-state index contributed by atoms with van der Waals surface area (Å²) in [7, 11) is 0. The molecule has 0 fully saturated rings. The first kappa shape index (κ1) is 10.4. The predicted molar refractivity (Wildman–Crippen MR) is 56.8 cm³/mol. The number of aromatic nitrogens is 2. The minimum Gasteiger partial charge on any atom is -0.545 e. The van der Waals surface area contributed by atoms with Gasteiger partial charge in [0.2, 0.25) is 0 Å². The molecule has 1 aromatic carbocycles. The Morgan fingerprint density at radius 3 is 2.62 bits per heavy atom. The summed E-state index contributed by atoms with van der Waals surface area (Å²) < 4.78 is 1.61. The van der Waals surface area contributed by atoms with Gasteiger partial charge in [0.15, 0.2) is 0 Å². The van der Waals surface area contributed by atoms with Gasteiger partial charge < -0.3 is 9.90 Å². The summed E-state index contributed by atoms with van der Waals surface area (Å²) in [6.45, 7) is 2.22. The van der Waals surface area contributed by atoms with Crippen LogP contribution in [0.3, 0.4) is 0 Å². The van der Waals surface area contributed by atoms with Crippen molar-refractivity contribution in [3.05, 3.63) is 53.3 Å². The Labute approximate surface area is 93.1 Å². The molecule has 0 saturated carbocycles. The summed E-state index contributed by atoms with van der Waals surface area (Å²) in [5.41, 5.74) is 1.71. The lowest BCUT2D eigenvalue weighted by molar-refractivity contribution is -0.255. The van der Waals surface area contributed by atoms with Crippen LogP contribution in [0.25, 0.3) is 0 Å². The topological polar surface area (TPSA) is 58.0 Å². The molecule has 2 aromatic rings. The van der Waals surface area contributed by atoms with Gasteiger partial charge in [0.1, 0.15) is 0 Å². The largest absolute Gasteiger partial charge is 0.545 e. The highest BCUT2D eigenvalue weighted by Crippen LogP contribution is 2.07. The molecule has 4 heteroatoms. The van der Waals surface area contributed by atoms with Crippen molar-refractivity contribution in [3.8, 4) is 0 Å². The van der Waals surface area contributed by atoms with Crippen molar-refractivity contribution in [1.82, 2.24) is 9.78 Å². The van der Waals surface area contributed by atoms with E-state index in [9.17, 15) is 9.90 Å². The first-order valence-electron chi connectivity index (χ1n) is 4.96. The van der Waals surface area contributed by atoms with Crippen LogP contribution in [0.2, 0.25) is 0 Å². The van der Waals surface area contributed by atoms with Crippen LogP contribution in [0.5, 0.6) is 0 Å². The number of nitrogens with zero attached hydrogens (tertiary/aromatic N) is 2. The third-order valence-corrected chi connectivity index (χ3v) is 2.35. The molecule has 0 saturated heterocycles. The fourth-order valence-corrected chi connectivity index (χ4v) is 1.57. The average Bonchev–Trinajstić information content (AvgIpc) is 2.61. The summed E-state index contributed by atoms with van der Waals surface area (Å²) in [6, 6.07) is 9.74. The maximum Gasteiger partial charge on any atom is 0.0749 e. The highest BCUT2D eigenvalue weighted by atomic mass is 16.4. The number of benzene rings is 1. The second-order valence-corrected chi connectivity index (χ2v) is 3.60. The van der Waals surface area contributed by atoms with Crippen molar-refractivity contribution in [2.45, 2.75) is 13.5 Å². The van der Waals surface area contributed by atoms with Gasteiger partial charge in [-0.15, -0.1) is 0 Å². The van der Waals surface area contributed by atoms with Crippen molar-refractivity contribution >= 4 is 5.97 Å². The zero-order valence-electron chi connectivity index (χ0n) is 8.88. The van der Waals surface area contributed by atoms with Crippen molar-refractivity contribution in [2.24, 2.45) is 0 Å². The minimum absolute atomic E-state index is 0.149. The van der Waals surface area contributed by atoms with Gasteiger partial charge in [-0.25, -0.2) is 0 Å². The second-order valence-electron chi connectivity index (χ2n) is 3.60. The second kappa shape index (κ2) is 4.18. The van der Waals surface area contributed by atoms with E-state index in [2.05, 4.69) is 5.10 Å². The lowest BCUT2D eigenvalue weighted by atomic mass is 10.2. The number of rotatable bonds is 3. The van der Waals surface area contributed by atoms with E-state index in [1.807, 2.05) is 30.3 Å². The zero-order chi connectivity index (χ0) is 11.5. The van der Waals surface area contributed by atoms with Crippen molar-refractivity contribution in [2.75, 3.05) is 0 Å². The van der Waals surface area contributed by atoms with E-state index in [1.165, 1.54) is 6.20 Å². The van der Waals surface area contributed by atoms with Crippen molar-refractivity contribution in [1.29, 1.82) is 0 Å². The number of carbonyl (C=O) groups is 1. The molecule has 0 aliphatic carbocycles. The minimum atomic E-state index is -1.18. The molecule has 0 radical (unpaired) electrons. The average molecular weight is 215 g/mol. The van der Waals surface area contributed by atoms with Crippen LogP contribution in [0.4, 0.5) is 0 Å². The monoisotopic (exact) mass is 215 g/mol. The Hall–Kier alpha value is -2.10. The number of carbonyl (C=O) groups excluding carboxylic acids is 1. The molecule has 0 aliphatic heterocycles. The first-order valence-corrected chi connectivity index (χ1v) is 4.96. The molecule has 1 aromatic heterocycles. The highest BCUT2D eigenvalue weighted by Gasteiger charge is 2.05. The van der Waals surface area contributed by atoms with Crippen molar-refractivity contribution < 1.29 is 9.90 Å². The Morgan fingerprint density at radius 1 is 1.38 bits per heavy atom. The molecule has 0 N–H and O–H groups in total. The van der Waals surface area contributed by atoms with Gasteiger partial charge in [-0.2, -0.15) is 5.10 Å². The van der Waals surface area contributed by atoms with Gasteiger partial charge >= 0.3 is 0 Å². The fraction of sp³-hybridized carbons (Fsp3) is 0.167. The smallest absolute Gasteiger partial charge is 0.0749 e. The van der Waals surface area contributed by atoms with Gasteiger partial charge in [-0.05, 0) is 12.5 Å². The maximum atomic E-state index is 10.7. The molecule has 0 aliphatic rings. The van der Waals surface area contributed by atoms with Crippen LogP contribution in [0, 0.1) is 6.92 Å². The van der Waals surface area contributed by atoms with E-state index in [-0.39, 0.29) is 5.56 Å². The molecule has 0 unspecified atom stereocenters. The Balaban J connectivity index is 2.23. The molecule has 0 amide bonds. The van der Waals surface area contributed by atoms with E-state index in [0.29, 0.717) is 12.2 Å². The lowest BCUT2D eigenvalue weighted by Gasteiger charge is -2.00. The standard InChI is InChI=1S/C12H12N2O2/c1-9-11(12(15)16)8-14(13-9)7-10-5-3-2-4-6-10/h2-6,8H,7H2,1H3,(H,15,16)/p-1. The molecule has 4 nitrogen and oxygen atoms in total. The zero-order valence-corrected chi connectivity index (χ0v) is 8.88. The summed E-state index contributed by atoms with van der Waals surface area (Å²) in [5, 5.41) is 14.8. The van der Waals surface area contributed by atoms with Crippen LogP contribution in [0.15, 0.2) is 36.5 Å². The SMILES string of the molecule is Cc1nn(Cc2ccccc2)cc1C(=O)[O-]. The summed E-state index contributed by atoms with van der Waals surface area (Å²) >= 11 is 0. The third-order valence-electron chi connectivity index (χ3n) is 2.35. The lowest BCUT2D eigenvalue weighted by Crippen LogP contribution is -2.22. The van der Waals surface area contributed by atoms with Gasteiger partial charge in [-0.3, -0.25) is 4.68 Å². The van der Waals surface area contributed by atoms with Crippen molar-refractivity contribution in [3.63, 3.8) is 0 Å². The quantitative estimate of drug-likeness (QED) is 0.753. The Bertz CT molecular complexity index is 503. The van der Waals surface area contributed by atoms with Gasteiger partial charge in [0.05, 0.1) is 18.2 Å². The van der Waals surface area contributed by atoms with Crippen LogP contribution in [-0.2, 0) is 6.54 Å². The molecule has 0 spiro atoms. The molecular weight excluding hydrogens is 204 g/mol. The molecule has 0 bridgehead atoms. The number of carboxylic acid groups (broad SMARTS) is 1. The molecule has 82 valence electrons. The predicted octanol–water partition coefficient (Wildman–Crippen LogP) is 0.603. The Morgan fingerprint density at radius 2 is 2.06 bits per heavy atom.